The number of rotatable bonds is 6. The highest BCUT2D eigenvalue weighted by Crippen LogP contribution is 2.24. The van der Waals surface area contributed by atoms with Crippen molar-refractivity contribution in [2.24, 2.45) is 5.92 Å². The number of halogens is 3. The fourth-order valence-corrected chi connectivity index (χ4v) is 1.27. The summed E-state index contributed by atoms with van der Waals surface area (Å²) in [5.74, 6) is -1.79. The molecule has 0 aliphatic carbocycles. The molecular formula is C13H31F3O4S. The largest absolute Gasteiger partial charge is 0.391 e. The average Bonchev–Trinajstić information content (AvgIpc) is 2.22. The van der Waals surface area contributed by atoms with Gasteiger partial charge in [-0.1, -0.05) is 49.0 Å². The minimum Gasteiger partial charge on any atom is -0.360 e. The fourth-order valence-electron chi connectivity index (χ4n) is 0.909. The van der Waals surface area contributed by atoms with Crippen molar-refractivity contribution in [2.45, 2.75) is 74.1 Å². The molecule has 21 heavy (non-hydrogen) atoms. The van der Waals surface area contributed by atoms with E-state index in [1.54, 1.807) is 0 Å². The van der Waals surface area contributed by atoms with Crippen molar-refractivity contribution < 1.29 is 30.9 Å². The van der Waals surface area contributed by atoms with Crippen LogP contribution in [0.5, 0.6) is 0 Å². The first-order valence-corrected chi connectivity index (χ1v) is 7.68. The lowest BCUT2D eigenvalue weighted by Gasteiger charge is -2.13. The summed E-state index contributed by atoms with van der Waals surface area (Å²) in [6.45, 7) is 6.17. The molecule has 1 unspecified atom stereocenters. The Hall–Kier alpha value is -0.340. The molecule has 0 bridgehead atoms. The van der Waals surface area contributed by atoms with Crippen LogP contribution < -0.4 is 0 Å². The second-order valence-electron chi connectivity index (χ2n) is 4.38. The standard InChI is InChI=1S/C7H16O4S.C4H7F3.2CH4/c1-3-5-7(4-2)11-6-12(8,9)10;1-3(2)4(5,6)7;;/h7H,3-6H2,1-2H3,(H,8,9,10);3H,1-2H3;2*1H4. The summed E-state index contributed by atoms with van der Waals surface area (Å²) in [4.78, 5) is 0. The van der Waals surface area contributed by atoms with Crippen LogP contribution in [0.15, 0.2) is 0 Å². The Bertz CT molecular complexity index is 314. The maximum atomic E-state index is 11.2. The van der Waals surface area contributed by atoms with Crippen molar-refractivity contribution in [3.05, 3.63) is 0 Å². The van der Waals surface area contributed by atoms with Gasteiger partial charge in [0.2, 0.25) is 0 Å². The summed E-state index contributed by atoms with van der Waals surface area (Å²) in [5, 5.41) is 0. The van der Waals surface area contributed by atoms with E-state index < -0.39 is 28.2 Å². The molecule has 1 N–H and O–H groups in total. The van der Waals surface area contributed by atoms with Gasteiger partial charge in [0, 0.05) is 5.92 Å². The van der Waals surface area contributed by atoms with E-state index in [1.807, 2.05) is 13.8 Å². The van der Waals surface area contributed by atoms with Crippen LogP contribution in [-0.2, 0) is 14.9 Å². The summed E-state index contributed by atoms with van der Waals surface area (Å²) < 4.78 is 67.4. The van der Waals surface area contributed by atoms with Gasteiger partial charge in [-0.25, -0.2) is 0 Å². The molecular weight excluding hydrogens is 309 g/mol. The van der Waals surface area contributed by atoms with Crippen molar-refractivity contribution in [1.29, 1.82) is 0 Å². The molecule has 0 aliphatic heterocycles. The second kappa shape index (κ2) is 13.3. The first-order chi connectivity index (χ1) is 8.44. The molecule has 0 fully saturated rings. The van der Waals surface area contributed by atoms with Crippen molar-refractivity contribution in [2.75, 3.05) is 5.94 Å². The van der Waals surface area contributed by atoms with E-state index in [-0.39, 0.29) is 21.0 Å². The van der Waals surface area contributed by atoms with Crippen molar-refractivity contribution in [1.82, 2.24) is 0 Å². The zero-order valence-corrected chi connectivity index (χ0v) is 12.5. The first-order valence-electron chi connectivity index (χ1n) is 6.07. The molecule has 0 amide bonds. The molecule has 0 aromatic heterocycles. The molecule has 1 atom stereocenters. The highest BCUT2D eigenvalue weighted by Gasteiger charge is 2.31. The van der Waals surface area contributed by atoms with Gasteiger partial charge in [0.25, 0.3) is 10.1 Å². The van der Waals surface area contributed by atoms with E-state index in [0.717, 1.165) is 33.1 Å². The predicted octanol–water partition coefficient (Wildman–Crippen LogP) is 4.90. The van der Waals surface area contributed by atoms with Crippen LogP contribution in [0.2, 0.25) is 0 Å². The van der Waals surface area contributed by atoms with Gasteiger partial charge in [-0.05, 0) is 12.8 Å². The highest BCUT2D eigenvalue weighted by atomic mass is 32.2. The average molecular weight is 340 g/mol. The Morgan fingerprint density at radius 3 is 1.71 bits per heavy atom. The van der Waals surface area contributed by atoms with E-state index in [9.17, 15) is 21.6 Å². The molecule has 8 heteroatoms. The normalized spacial score (nSPS) is 12.6. The van der Waals surface area contributed by atoms with Gasteiger partial charge in [0.05, 0.1) is 6.10 Å². The third-order valence-electron chi connectivity index (χ3n) is 2.17. The topological polar surface area (TPSA) is 63.6 Å². The molecule has 0 heterocycles. The van der Waals surface area contributed by atoms with Crippen LogP contribution >= 0.6 is 0 Å². The quantitative estimate of drug-likeness (QED) is 0.698. The van der Waals surface area contributed by atoms with Crippen LogP contribution in [0.3, 0.4) is 0 Å². The minimum absolute atomic E-state index is 0. The maximum absolute atomic E-state index is 11.2. The van der Waals surface area contributed by atoms with Crippen molar-refractivity contribution >= 4 is 10.1 Å². The van der Waals surface area contributed by atoms with Crippen molar-refractivity contribution in [3.63, 3.8) is 0 Å². The van der Waals surface area contributed by atoms with Crippen LogP contribution in [0, 0.1) is 5.92 Å². The monoisotopic (exact) mass is 340 g/mol. The zero-order valence-electron chi connectivity index (χ0n) is 11.7. The molecule has 0 saturated carbocycles. The number of hydrogen-bond acceptors (Lipinski definition) is 3. The summed E-state index contributed by atoms with van der Waals surface area (Å²) in [6.07, 6.45) is -1.52. The van der Waals surface area contributed by atoms with Crippen molar-refractivity contribution in [3.8, 4) is 0 Å². The molecule has 0 radical (unpaired) electrons. The number of alkyl halides is 3. The summed E-state index contributed by atoms with van der Waals surface area (Å²) in [7, 11) is -3.97. The highest BCUT2D eigenvalue weighted by molar-refractivity contribution is 7.85. The zero-order chi connectivity index (χ0) is 15.7. The molecule has 0 aromatic rings. The molecule has 134 valence electrons. The van der Waals surface area contributed by atoms with E-state index in [0.29, 0.717) is 0 Å². The van der Waals surface area contributed by atoms with E-state index >= 15 is 0 Å². The van der Waals surface area contributed by atoms with Crippen LogP contribution in [-0.4, -0.2) is 31.2 Å². The van der Waals surface area contributed by atoms with Gasteiger partial charge in [0.1, 0.15) is 0 Å². The Morgan fingerprint density at radius 1 is 1.14 bits per heavy atom. The summed E-state index contributed by atoms with van der Waals surface area (Å²) >= 11 is 0. The van der Waals surface area contributed by atoms with Gasteiger partial charge in [-0.2, -0.15) is 21.6 Å². The van der Waals surface area contributed by atoms with Crippen LogP contribution in [0.1, 0.15) is 61.8 Å². The van der Waals surface area contributed by atoms with Crippen LogP contribution in [0.4, 0.5) is 13.2 Å². The second-order valence-corrected chi connectivity index (χ2v) is 5.78. The fraction of sp³-hybridized carbons (Fsp3) is 1.00. The Balaban J connectivity index is -0.000000140. The molecule has 0 spiro atoms. The van der Waals surface area contributed by atoms with Gasteiger partial charge < -0.3 is 4.74 Å². The van der Waals surface area contributed by atoms with Gasteiger partial charge >= 0.3 is 6.18 Å². The third-order valence-corrected chi connectivity index (χ3v) is 2.61. The van der Waals surface area contributed by atoms with Gasteiger partial charge in [0.15, 0.2) is 5.94 Å². The number of ether oxygens (including phenoxy) is 1. The molecule has 4 nitrogen and oxygen atoms in total. The van der Waals surface area contributed by atoms with Gasteiger partial charge in [-0.15, -0.1) is 0 Å². The maximum Gasteiger partial charge on any atom is 0.391 e. The Morgan fingerprint density at radius 2 is 1.52 bits per heavy atom. The Labute approximate surface area is 127 Å². The molecule has 0 aliphatic rings. The smallest absolute Gasteiger partial charge is 0.360 e. The molecule has 0 aromatic carbocycles. The Kier molecular flexibility index (Phi) is 18.3. The van der Waals surface area contributed by atoms with E-state index in [2.05, 4.69) is 0 Å². The lowest BCUT2D eigenvalue weighted by Crippen LogP contribution is -2.17. The summed E-state index contributed by atoms with van der Waals surface area (Å²) in [5.41, 5.74) is 0. The van der Waals surface area contributed by atoms with Gasteiger partial charge in [-0.3, -0.25) is 4.55 Å². The molecule has 0 saturated heterocycles. The third kappa shape index (κ3) is 22.1. The predicted molar refractivity (Wildman–Crippen MR) is 80.8 cm³/mol. The first kappa shape index (κ1) is 28.8. The summed E-state index contributed by atoms with van der Waals surface area (Å²) in [6, 6.07) is 0. The van der Waals surface area contributed by atoms with E-state index in [1.165, 1.54) is 0 Å². The molecule has 0 rings (SSSR count). The SMILES string of the molecule is C.C.CC(C)C(F)(F)F.CCCC(CC)OCS(=O)(=O)O. The lowest BCUT2D eigenvalue weighted by molar-refractivity contribution is -0.164. The lowest BCUT2D eigenvalue weighted by atomic mass is 10.2. The van der Waals surface area contributed by atoms with E-state index in [4.69, 9.17) is 9.29 Å². The number of hydrogen-bond donors (Lipinski definition) is 1. The minimum atomic E-state index is -4.00. The van der Waals surface area contributed by atoms with Crippen LogP contribution in [0.25, 0.3) is 0 Å².